The van der Waals surface area contributed by atoms with E-state index in [2.05, 4.69) is 59.4 Å². The van der Waals surface area contributed by atoms with Crippen molar-refractivity contribution in [1.82, 2.24) is 19.8 Å². The van der Waals surface area contributed by atoms with E-state index in [1.54, 1.807) is 6.20 Å². The van der Waals surface area contributed by atoms with Crippen molar-refractivity contribution in [3.8, 4) is 0 Å². The molecule has 1 aromatic heterocycles. The van der Waals surface area contributed by atoms with Gasteiger partial charge in [-0.2, -0.15) is 0 Å². The topological polar surface area (TPSA) is 50.2 Å². The number of hydrogen-bond donors (Lipinski definition) is 1. The van der Waals surface area contributed by atoms with Crippen LogP contribution in [-0.4, -0.2) is 46.0 Å². The standard InChI is InChI=1S/C22H32N4O/c1-17(2)21-23-12-16-26(21)18(3)22(27)24-20-10-14-25(15-11-20)13-9-19-7-5-4-6-8-19/h4-8,12,16-18,20H,9-11,13-15H2,1-3H3,(H,24,27)/t18-/m0/s1. The van der Waals surface area contributed by atoms with Crippen LogP contribution >= 0.6 is 0 Å². The minimum Gasteiger partial charge on any atom is -0.351 e. The van der Waals surface area contributed by atoms with Crippen LogP contribution in [0.15, 0.2) is 42.7 Å². The van der Waals surface area contributed by atoms with E-state index in [1.807, 2.05) is 17.7 Å². The average molecular weight is 369 g/mol. The number of nitrogens with one attached hydrogen (secondary N) is 1. The van der Waals surface area contributed by atoms with Crippen LogP contribution in [0.2, 0.25) is 0 Å². The summed E-state index contributed by atoms with van der Waals surface area (Å²) in [6.07, 6.45) is 6.83. The van der Waals surface area contributed by atoms with Crippen LogP contribution in [0.5, 0.6) is 0 Å². The number of piperidine rings is 1. The first-order valence-corrected chi connectivity index (χ1v) is 10.1. The normalized spacial score (nSPS) is 17.2. The minimum absolute atomic E-state index is 0.0950. The molecule has 2 aromatic rings. The van der Waals surface area contributed by atoms with Gasteiger partial charge < -0.3 is 14.8 Å². The van der Waals surface area contributed by atoms with Crippen molar-refractivity contribution in [2.75, 3.05) is 19.6 Å². The Bertz CT molecular complexity index is 717. The van der Waals surface area contributed by atoms with Crippen molar-refractivity contribution in [2.24, 2.45) is 0 Å². The lowest BCUT2D eigenvalue weighted by atomic mass is 10.0. The second-order valence-corrected chi connectivity index (χ2v) is 7.88. The largest absolute Gasteiger partial charge is 0.351 e. The molecule has 0 saturated carbocycles. The van der Waals surface area contributed by atoms with Gasteiger partial charge in [-0.05, 0) is 31.7 Å². The highest BCUT2D eigenvalue weighted by Crippen LogP contribution is 2.18. The fourth-order valence-corrected chi connectivity index (χ4v) is 3.78. The predicted octanol–water partition coefficient (Wildman–Crippen LogP) is 3.39. The van der Waals surface area contributed by atoms with Crippen LogP contribution in [-0.2, 0) is 11.2 Å². The van der Waals surface area contributed by atoms with E-state index >= 15 is 0 Å². The minimum atomic E-state index is -0.221. The summed E-state index contributed by atoms with van der Waals surface area (Å²) in [5, 5.41) is 3.25. The lowest BCUT2D eigenvalue weighted by molar-refractivity contribution is -0.125. The van der Waals surface area contributed by atoms with E-state index in [0.29, 0.717) is 5.92 Å². The van der Waals surface area contributed by atoms with Gasteiger partial charge in [0.05, 0.1) is 0 Å². The Hall–Kier alpha value is -2.14. The second kappa shape index (κ2) is 9.18. The summed E-state index contributed by atoms with van der Waals surface area (Å²) >= 11 is 0. The van der Waals surface area contributed by atoms with Crippen LogP contribution in [0.3, 0.4) is 0 Å². The second-order valence-electron chi connectivity index (χ2n) is 7.88. The van der Waals surface area contributed by atoms with Crippen LogP contribution in [0.1, 0.15) is 57.0 Å². The Kier molecular flexibility index (Phi) is 6.67. The van der Waals surface area contributed by atoms with E-state index in [0.717, 1.165) is 44.7 Å². The van der Waals surface area contributed by atoms with Gasteiger partial charge in [-0.25, -0.2) is 4.98 Å². The summed E-state index contributed by atoms with van der Waals surface area (Å²) in [6, 6.07) is 10.7. The van der Waals surface area contributed by atoms with Crippen molar-refractivity contribution in [3.63, 3.8) is 0 Å². The van der Waals surface area contributed by atoms with Gasteiger partial charge >= 0.3 is 0 Å². The molecule has 1 amide bonds. The van der Waals surface area contributed by atoms with Crippen LogP contribution in [0, 0.1) is 0 Å². The van der Waals surface area contributed by atoms with Crippen molar-refractivity contribution < 1.29 is 4.79 Å². The monoisotopic (exact) mass is 368 g/mol. The molecule has 5 nitrogen and oxygen atoms in total. The molecule has 0 bridgehead atoms. The molecule has 1 saturated heterocycles. The molecule has 2 heterocycles. The summed E-state index contributed by atoms with van der Waals surface area (Å²) < 4.78 is 2.00. The molecule has 5 heteroatoms. The van der Waals surface area contributed by atoms with Crippen molar-refractivity contribution >= 4 is 5.91 Å². The van der Waals surface area contributed by atoms with Gasteiger partial charge in [-0.1, -0.05) is 44.2 Å². The van der Waals surface area contributed by atoms with Gasteiger partial charge in [-0.15, -0.1) is 0 Å². The van der Waals surface area contributed by atoms with Crippen LogP contribution in [0.4, 0.5) is 0 Å². The quantitative estimate of drug-likeness (QED) is 0.815. The number of carbonyl (C=O) groups excluding carboxylic acids is 1. The van der Waals surface area contributed by atoms with Gasteiger partial charge in [0, 0.05) is 44.0 Å². The summed E-state index contributed by atoms with van der Waals surface area (Å²) in [4.78, 5) is 19.6. The molecule has 3 rings (SSSR count). The Labute approximate surface area is 162 Å². The molecule has 0 aliphatic carbocycles. The van der Waals surface area contributed by atoms with Gasteiger partial charge in [-0.3, -0.25) is 4.79 Å². The van der Waals surface area contributed by atoms with Crippen molar-refractivity contribution in [3.05, 3.63) is 54.1 Å². The Morgan fingerprint density at radius 3 is 2.56 bits per heavy atom. The first kappa shape index (κ1) is 19.6. The number of aromatic nitrogens is 2. The predicted molar refractivity (Wildman–Crippen MR) is 109 cm³/mol. The number of hydrogen-bond acceptors (Lipinski definition) is 3. The van der Waals surface area contributed by atoms with E-state index in [1.165, 1.54) is 5.56 Å². The fourth-order valence-electron chi connectivity index (χ4n) is 3.78. The highest BCUT2D eigenvalue weighted by molar-refractivity contribution is 5.80. The maximum atomic E-state index is 12.7. The molecule has 27 heavy (non-hydrogen) atoms. The van der Waals surface area contributed by atoms with E-state index in [9.17, 15) is 4.79 Å². The third-order valence-corrected chi connectivity index (χ3v) is 5.51. The number of benzene rings is 1. The lowest BCUT2D eigenvalue weighted by Crippen LogP contribution is -2.46. The Morgan fingerprint density at radius 1 is 1.19 bits per heavy atom. The highest BCUT2D eigenvalue weighted by Gasteiger charge is 2.24. The Morgan fingerprint density at radius 2 is 1.89 bits per heavy atom. The summed E-state index contributed by atoms with van der Waals surface area (Å²) in [5.41, 5.74) is 1.39. The lowest BCUT2D eigenvalue weighted by Gasteiger charge is -2.33. The number of nitrogens with zero attached hydrogens (tertiary/aromatic N) is 3. The molecule has 1 N–H and O–H groups in total. The molecule has 0 spiro atoms. The maximum absolute atomic E-state index is 12.7. The van der Waals surface area contributed by atoms with Gasteiger partial charge in [0.25, 0.3) is 0 Å². The summed E-state index contributed by atoms with van der Waals surface area (Å²) in [7, 11) is 0. The molecule has 1 fully saturated rings. The molecule has 0 radical (unpaired) electrons. The smallest absolute Gasteiger partial charge is 0.243 e. The molecule has 146 valence electrons. The van der Waals surface area contributed by atoms with Crippen molar-refractivity contribution in [1.29, 1.82) is 0 Å². The summed E-state index contributed by atoms with van der Waals surface area (Å²) in [5.74, 6) is 1.37. The van der Waals surface area contributed by atoms with Gasteiger partial charge in [0.15, 0.2) is 0 Å². The molecule has 1 aliphatic rings. The zero-order chi connectivity index (χ0) is 19.2. The third kappa shape index (κ3) is 5.19. The van der Waals surface area contributed by atoms with E-state index in [-0.39, 0.29) is 18.0 Å². The van der Waals surface area contributed by atoms with Crippen molar-refractivity contribution in [2.45, 2.75) is 58.0 Å². The fraction of sp³-hybridized carbons (Fsp3) is 0.545. The first-order chi connectivity index (χ1) is 13.0. The third-order valence-electron chi connectivity index (χ3n) is 5.51. The highest BCUT2D eigenvalue weighted by atomic mass is 16.2. The first-order valence-electron chi connectivity index (χ1n) is 10.1. The summed E-state index contributed by atoms with van der Waals surface area (Å²) in [6.45, 7) is 9.36. The Balaban J connectivity index is 1.44. The molecule has 1 aliphatic heterocycles. The molecule has 1 aromatic carbocycles. The number of amides is 1. The number of rotatable bonds is 7. The molecular formula is C22H32N4O. The molecule has 0 unspecified atom stereocenters. The van der Waals surface area contributed by atoms with Gasteiger partial charge in [0.2, 0.25) is 5.91 Å². The van der Waals surface area contributed by atoms with Crippen LogP contribution in [0.25, 0.3) is 0 Å². The van der Waals surface area contributed by atoms with E-state index in [4.69, 9.17) is 0 Å². The zero-order valence-corrected chi connectivity index (χ0v) is 16.8. The number of likely N-dealkylation sites (tertiary alicyclic amines) is 1. The SMILES string of the molecule is CC(C)c1nccn1[C@@H](C)C(=O)NC1CCN(CCc2ccccc2)CC1. The van der Waals surface area contributed by atoms with Crippen LogP contribution < -0.4 is 5.32 Å². The molecular weight excluding hydrogens is 336 g/mol. The average Bonchev–Trinajstić information content (AvgIpc) is 3.18. The molecule has 1 atom stereocenters. The number of imidazole rings is 1. The van der Waals surface area contributed by atoms with Gasteiger partial charge in [0.1, 0.15) is 11.9 Å². The zero-order valence-electron chi connectivity index (χ0n) is 16.8. The van der Waals surface area contributed by atoms with E-state index < -0.39 is 0 Å². The maximum Gasteiger partial charge on any atom is 0.243 e. The number of carbonyl (C=O) groups is 1.